The van der Waals surface area contributed by atoms with Crippen LogP contribution in [0.3, 0.4) is 0 Å². The van der Waals surface area contributed by atoms with Crippen molar-refractivity contribution in [3.63, 3.8) is 0 Å². The van der Waals surface area contributed by atoms with E-state index in [1.165, 1.54) is 0 Å². The number of benzene rings is 1. The lowest BCUT2D eigenvalue weighted by molar-refractivity contribution is 0.250. The van der Waals surface area contributed by atoms with Crippen LogP contribution in [0.4, 0.5) is 10.5 Å². The monoisotopic (exact) mass is 382 g/mol. The first-order valence-electron chi connectivity index (χ1n) is 4.51. The quantitative estimate of drug-likeness (QED) is 0.754. The minimum absolute atomic E-state index is 0.134. The van der Waals surface area contributed by atoms with E-state index in [1.807, 2.05) is 32.0 Å². The SMILES string of the molecule is CC(C)NC(=O)Nc1cc(Br)ccc1I. The van der Waals surface area contributed by atoms with Gasteiger partial charge in [-0.1, -0.05) is 15.9 Å². The molecule has 3 nitrogen and oxygen atoms in total. The van der Waals surface area contributed by atoms with E-state index >= 15 is 0 Å². The lowest BCUT2D eigenvalue weighted by Crippen LogP contribution is -2.34. The van der Waals surface area contributed by atoms with E-state index in [1.54, 1.807) is 0 Å². The zero-order valence-electron chi connectivity index (χ0n) is 8.47. The Kier molecular flexibility index (Phi) is 4.85. The van der Waals surface area contributed by atoms with Crippen molar-refractivity contribution in [3.8, 4) is 0 Å². The molecular formula is C10H12BrIN2O. The lowest BCUT2D eigenvalue weighted by atomic mass is 10.3. The number of amides is 2. The Hall–Kier alpha value is -0.300. The highest BCUT2D eigenvalue weighted by molar-refractivity contribution is 14.1. The first-order chi connectivity index (χ1) is 6.99. The van der Waals surface area contributed by atoms with Crippen molar-refractivity contribution >= 4 is 50.2 Å². The van der Waals surface area contributed by atoms with Gasteiger partial charge in [-0.2, -0.15) is 0 Å². The molecule has 0 radical (unpaired) electrons. The molecule has 0 heterocycles. The van der Waals surface area contributed by atoms with E-state index in [4.69, 9.17) is 0 Å². The van der Waals surface area contributed by atoms with Crippen molar-refractivity contribution in [3.05, 3.63) is 26.2 Å². The zero-order chi connectivity index (χ0) is 11.4. The summed E-state index contributed by atoms with van der Waals surface area (Å²) in [6.07, 6.45) is 0. The second-order valence-electron chi connectivity index (χ2n) is 3.38. The molecule has 1 aromatic rings. The van der Waals surface area contributed by atoms with Gasteiger partial charge in [-0.05, 0) is 54.6 Å². The van der Waals surface area contributed by atoms with Gasteiger partial charge in [0.05, 0.1) is 5.69 Å². The molecule has 2 amide bonds. The number of carbonyl (C=O) groups excluding carboxylic acids is 1. The van der Waals surface area contributed by atoms with Gasteiger partial charge in [0.25, 0.3) is 0 Å². The summed E-state index contributed by atoms with van der Waals surface area (Å²) >= 11 is 5.54. The molecule has 0 aliphatic rings. The minimum atomic E-state index is -0.180. The summed E-state index contributed by atoms with van der Waals surface area (Å²) in [6.45, 7) is 3.84. The van der Waals surface area contributed by atoms with Gasteiger partial charge < -0.3 is 10.6 Å². The van der Waals surface area contributed by atoms with E-state index in [0.29, 0.717) is 0 Å². The van der Waals surface area contributed by atoms with Gasteiger partial charge in [0, 0.05) is 14.1 Å². The normalized spacial score (nSPS) is 10.2. The summed E-state index contributed by atoms with van der Waals surface area (Å²) in [5.74, 6) is 0. The minimum Gasteiger partial charge on any atom is -0.336 e. The van der Waals surface area contributed by atoms with Gasteiger partial charge in [-0.25, -0.2) is 4.79 Å². The highest BCUT2D eigenvalue weighted by Crippen LogP contribution is 2.22. The molecule has 2 N–H and O–H groups in total. The maximum absolute atomic E-state index is 11.4. The first-order valence-corrected chi connectivity index (χ1v) is 6.39. The van der Waals surface area contributed by atoms with Gasteiger partial charge >= 0.3 is 6.03 Å². The number of hydrogen-bond acceptors (Lipinski definition) is 1. The topological polar surface area (TPSA) is 41.1 Å². The molecule has 0 atom stereocenters. The lowest BCUT2D eigenvalue weighted by Gasteiger charge is -2.11. The molecule has 0 aliphatic carbocycles. The molecular weight excluding hydrogens is 371 g/mol. The zero-order valence-corrected chi connectivity index (χ0v) is 12.2. The highest BCUT2D eigenvalue weighted by Gasteiger charge is 2.06. The number of hydrogen-bond donors (Lipinski definition) is 2. The Balaban J connectivity index is 2.71. The summed E-state index contributed by atoms with van der Waals surface area (Å²) in [7, 11) is 0. The third kappa shape index (κ3) is 4.38. The van der Waals surface area contributed by atoms with E-state index < -0.39 is 0 Å². The van der Waals surface area contributed by atoms with Crippen molar-refractivity contribution < 1.29 is 4.79 Å². The molecule has 0 aromatic heterocycles. The van der Waals surface area contributed by atoms with E-state index in [0.717, 1.165) is 13.7 Å². The summed E-state index contributed by atoms with van der Waals surface area (Å²) < 4.78 is 1.96. The molecule has 1 aromatic carbocycles. The van der Waals surface area contributed by atoms with Crippen LogP contribution in [-0.4, -0.2) is 12.1 Å². The number of halogens is 2. The Morgan fingerprint density at radius 3 is 2.73 bits per heavy atom. The van der Waals surface area contributed by atoms with Crippen LogP contribution in [0.2, 0.25) is 0 Å². The molecule has 0 fully saturated rings. The smallest absolute Gasteiger partial charge is 0.319 e. The molecule has 15 heavy (non-hydrogen) atoms. The van der Waals surface area contributed by atoms with Gasteiger partial charge in [0.1, 0.15) is 0 Å². The predicted octanol–water partition coefficient (Wildman–Crippen LogP) is 3.58. The van der Waals surface area contributed by atoms with Crippen LogP contribution in [0.15, 0.2) is 22.7 Å². The van der Waals surface area contributed by atoms with Gasteiger partial charge in [0.15, 0.2) is 0 Å². The Bertz CT molecular complexity index is 368. The third-order valence-electron chi connectivity index (χ3n) is 1.60. The van der Waals surface area contributed by atoms with Gasteiger partial charge in [-0.15, -0.1) is 0 Å². The van der Waals surface area contributed by atoms with Crippen LogP contribution in [-0.2, 0) is 0 Å². The summed E-state index contributed by atoms with van der Waals surface area (Å²) in [5.41, 5.74) is 0.808. The van der Waals surface area contributed by atoms with Crippen LogP contribution in [0, 0.1) is 3.57 Å². The van der Waals surface area contributed by atoms with Gasteiger partial charge in [-0.3, -0.25) is 0 Å². The maximum Gasteiger partial charge on any atom is 0.319 e. The summed E-state index contributed by atoms with van der Waals surface area (Å²) in [6, 6.07) is 5.71. The molecule has 0 saturated carbocycles. The molecule has 1 rings (SSSR count). The van der Waals surface area contributed by atoms with E-state index in [-0.39, 0.29) is 12.1 Å². The fourth-order valence-electron chi connectivity index (χ4n) is 1.01. The molecule has 5 heteroatoms. The average molecular weight is 383 g/mol. The van der Waals surface area contributed by atoms with Crippen molar-refractivity contribution in [2.75, 3.05) is 5.32 Å². The third-order valence-corrected chi connectivity index (χ3v) is 3.03. The maximum atomic E-state index is 11.4. The Labute approximate surface area is 111 Å². The number of rotatable bonds is 2. The van der Waals surface area contributed by atoms with Crippen LogP contribution in [0.1, 0.15) is 13.8 Å². The Morgan fingerprint density at radius 2 is 2.13 bits per heavy atom. The standard InChI is InChI=1S/C10H12BrIN2O/c1-6(2)13-10(15)14-9-5-7(11)3-4-8(9)12/h3-6H,1-2H3,(H2,13,14,15). The summed E-state index contributed by atoms with van der Waals surface area (Å²) in [4.78, 5) is 11.4. The number of urea groups is 1. The molecule has 0 aliphatic heterocycles. The van der Waals surface area contributed by atoms with Crippen LogP contribution in [0.25, 0.3) is 0 Å². The molecule has 0 spiro atoms. The second-order valence-corrected chi connectivity index (χ2v) is 5.46. The molecule has 82 valence electrons. The molecule has 0 bridgehead atoms. The average Bonchev–Trinajstić information content (AvgIpc) is 2.10. The number of carbonyl (C=O) groups is 1. The van der Waals surface area contributed by atoms with Gasteiger partial charge in [0.2, 0.25) is 0 Å². The van der Waals surface area contributed by atoms with Crippen LogP contribution in [0.5, 0.6) is 0 Å². The summed E-state index contributed by atoms with van der Waals surface area (Å²) in [5, 5.41) is 5.56. The molecule has 0 saturated heterocycles. The van der Waals surface area contributed by atoms with E-state index in [9.17, 15) is 4.79 Å². The highest BCUT2D eigenvalue weighted by atomic mass is 127. The number of nitrogens with one attached hydrogen (secondary N) is 2. The largest absolute Gasteiger partial charge is 0.336 e. The molecule has 0 unspecified atom stereocenters. The van der Waals surface area contributed by atoms with Crippen molar-refractivity contribution in [1.82, 2.24) is 5.32 Å². The predicted molar refractivity (Wildman–Crippen MR) is 74.1 cm³/mol. The number of anilines is 1. The first kappa shape index (κ1) is 12.8. The van der Waals surface area contributed by atoms with E-state index in [2.05, 4.69) is 49.2 Å². The van der Waals surface area contributed by atoms with Crippen molar-refractivity contribution in [2.24, 2.45) is 0 Å². The van der Waals surface area contributed by atoms with Crippen molar-refractivity contribution in [1.29, 1.82) is 0 Å². The fourth-order valence-corrected chi connectivity index (χ4v) is 1.85. The fraction of sp³-hybridized carbons (Fsp3) is 0.300. The second kappa shape index (κ2) is 5.69. The van der Waals surface area contributed by atoms with Crippen LogP contribution < -0.4 is 10.6 Å². The van der Waals surface area contributed by atoms with Crippen LogP contribution >= 0.6 is 38.5 Å². The Morgan fingerprint density at radius 1 is 1.47 bits per heavy atom. The van der Waals surface area contributed by atoms with Crippen molar-refractivity contribution in [2.45, 2.75) is 19.9 Å².